The minimum atomic E-state index is -0.0693. The first-order valence-electron chi connectivity index (χ1n) is 9.68. The number of methoxy groups -OCH3 is 1. The molecule has 150 valence electrons. The van der Waals surface area contributed by atoms with Gasteiger partial charge in [-0.1, -0.05) is 30.3 Å². The van der Waals surface area contributed by atoms with Crippen molar-refractivity contribution in [1.29, 1.82) is 0 Å². The molecule has 0 aliphatic rings. The smallest absolute Gasteiger partial charge is 0.220 e. The molecule has 29 heavy (non-hydrogen) atoms. The number of ether oxygens (including phenoxy) is 2. The summed E-state index contributed by atoms with van der Waals surface area (Å²) in [5.41, 5.74) is 3.14. The van der Waals surface area contributed by atoms with Crippen LogP contribution in [-0.4, -0.2) is 18.0 Å². The van der Waals surface area contributed by atoms with Gasteiger partial charge < -0.3 is 14.8 Å². The number of carbonyl (C=O) groups is 1. The summed E-state index contributed by atoms with van der Waals surface area (Å²) in [6.45, 7) is 2.46. The lowest BCUT2D eigenvalue weighted by Gasteiger charge is -2.15. The van der Waals surface area contributed by atoms with Gasteiger partial charge in [-0.25, -0.2) is 0 Å². The van der Waals surface area contributed by atoms with Crippen molar-refractivity contribution < 1.29 is 14.3 Å². The fraction of sp³-hybridized carbons (Fsp3) is 0.250. The first-order valence-corrected chi connectivity index (χ1v) is 9.68. The van der Waals surface area contributed by atoms with Crippen molar-refractivity contribution >= 4 is 5.91 Å². The Bertz CT molecular complexity index is 911. The minimum absolute atomic E-state index is 0.0252. The Balaban J connectivity index is 1.46. The molecule has 5 nitrogen and oxygen atoms in total. The lowest BCUT2D eigenvalue weighted by atomic mass is 10.1. The van der Waals surface area contributed by atoms with E-state index in [1.54, 1.807) is 19.5 Å². The molecule has 1 unspecified atom stereocenters. The number of aryl methyl sites for hydroxylation is 1. The molecule has 1 amide bonds. The van der Waals surface area contributed by atoms with Gasteiger partial charge in [-0.2, -0.15) is 0 Å². The van der Waals surface area contributed by atoms with Crippen LogP contribution in [0.25, 0.3) is 0 Å². The summed E-state index contributed by atoms with van der Waals surface area (Å²) in [4.78, 5) is 16.4. The maximum atomic E-state index is 12.3. The molecule has 5 heteroatoms. The molecule has 1 atom stereocenters. The molecule has 3 aromatic rings. The van der Waals surface area contributed by atoms with Crippen LogP contribution in [0.5, 0.6) is 11.5 Å². The van der Waals surface area contributed by atoms with E-state index in [0.717, 1.165) is 28.2 Å². The number of amides is 1. The average Bonchev–Trinajstić information content (AvgIpc) is 2.77. The highest BCUT2D eigenvalue weighted by atomic mass is 16.5. The maximum Gasteiger partial charge on any atom is 0.220 e. The molecule has 1 N–H and O–H groups in total. The van der Waals surface area contributed by atoms with Crippen LogP contribution in [0.2, 0.25) is 0 Å². The van der Waals surface area contributed by atoms with Crippen LogP contribution in [0, 0.1) is 0 Å². The fourth-order valence-electron chi connectivity index (χ4n) is 2.99. The van der Waals surface area contributed by atoms with E-state index in [1.807, 2.05) is 67.6 Å². The van der Waals surface area contributed by atoms with Gasteiger partial charge in [0.15, 0.2) is 0 Å². The van der Waals surface area contributed by atoms with Crippen LogP contribution in [0.15, 0.2) is 73.1 Å². The summed E-state index contributed by atoms with van der Waals surface area (Å²) in [6.07, 6.45) is 4.64. The van der Waals surface area contributed by atoms with E-state index < -0.39 is 0 Å². The monoisotopic (exact) mass is 390 g/mol. The number of nitrogens with zero attached hydrogens (tertiary/aromatic N) is 1. The number of hydrogen-bond donors (Lipinski definition) is 1. The number of carbonyl (C=O) groups excluding carboxylic acids is 1. The summed E-state index contributed by atoms with van der Waals surface area (Å²) < 4.78 is 11.0. The largest absolute Gasteiger partial charge is 0.497 e. The summed E-state index contributed by atoms with van der Waals surface area (Å²) in [5, 5.41) is 3.05. The number of rotatable bonds is 9. The summed E-state index contributed by atoms with van der Waals surface area (Å²) >= 11 is 0. The van der Waals surface area contributed by atoms with Crippen LogP contribution >= 0.6 is 0 Å². The van der Waals surface area contributed by atoms with Gasteiger partial charge in [0.05, 0.1) is 13.2 Å². The zero-order chi connectivity index (χ0) is 20.5. The van der Waals surface area contributed by atoms with Gasteiger partial charge in [0, 0.05) is 24.4 Å². The van der Waals surface area contributed by atoms with Crippen LogP contribution in [0.3, 0.4) is 0 Å². The molecule has 1 heterocycles. The zero-order valence-electron chi connectivity index (χ0n) is 16.8. The molecule has 0 radical (unpaired) electrons. The molecule has 0 fully saturated rings. The van der Waals surface area contributed by atoms with Crippen molar-refractivity contribution in [3.05, 3.63) is 89.7 Å². The first-order chi connectivity index (χ1) is 14.1. The van der Waals surface area contributed by atoms with Gasteiger partial charge in [-0.15, -0.1) is 0 Å². The number of pyridine rings is 1. The molecule has 0 saturated heterocycles. The number of benzene rings is 2. The quantitative estimate of drug-likeness (QED) is 0.585. The highest BCUT2D eigenvalue weighted by Gasteiger charge is 2.10. The van der Waals surface area contributed by atoms with Crippen molar-refractivity contribution in [2.24, 2.45) is 0 Å². The van der Waals surface area contributed by atoms with Gasteiger partial charge >= 0.3 is 0 Å². The lowest BCUT2D eigenvalue weighted by Crippen LogP contribution is -2.26. The highest BCUT2D eigenvalue weighted by molar-refractivity contribution is 5.76. The van der Waals surface area contributed by atoms with E-state index in [4.69, 9.17) is 9.47 Å². The second kappa shape index (κ2) is 10.3. The Labute approximate surface area is 171 Å². The summed E-state index contributed by atoms with van der Waals surface area (Å²) in [5.74, 6) is 1.62. The van der Waals surface area contributed by atoms with Crippen molar-refractivity contribution in [1.82, 2.24) is 10.3 Å². The van der Waals surface area contributed by atoms with E-state index in [-0.39, 0.29) is 11.9 Å². The van der Waals surface area contributed by atoms with Crippen molar-refractivity contribution in [3.63, 3.8) is 0 Å². The predicted octanol–water partition coefficient (Wildman–Crippen LogP) is 4.48. The van der Waals surface area contributed by atoms with Gasteiger partial charge in [-0.05, 0) is 54.8 Å². The first kappa shape index (κ1) is 20.4. The maximum absolute atomic E-state index is 12.3. The van der Waals surface area contributed by atoms with Crippen LogP contribution < -0.4 is 14.8 Å². The molecular weight excluding hydrogens is 364 g/mol. The second-order valence-electron chi connectivity index (χ2n) is 6.86. The Morgan fingerprint density at radius 3 is 2.55 bits per heavy atom. The molecular formula is C24H26N2O3. The van der Waals surface area contributed by atoms with E-state index in [9.17, 15) is 4.79 Å². The van der Waals surface area contributed by atoms with E-state index in [2.05, 4.69) is 10.3 Å². The highest BCUT2D eigenvalue weighted by Crippen LogP contribution is 2.19. The van der Waals surface area contributed by atoms with Crippen molar-refractivity contribution in [2.45, 2.75) is 32.4 Å². The third-order valence-corrected chi connectivity index (χ3v) is 4.66. The molecule has 0 aliphatic heterocycles. The summed E-state index contributed by atoms with van der Waals surface area (Å²) in [7, 11) is 1.64. The third kappa shape index (κ3) is 6.35. The molecule has 1 aromatic heterocycles. The van der Waals surface area contributed by atoms with Crippen molar-refractivity contribution in [2.75, 3.05) is 7.11 Å². The minimum Gasteiger partial charge on any atom is -0.497 e. The number of hydrogen-bond acceptors (Lipinski definition) is 4. The van der Waals surface area contributed by atoms with Crippen molar-refractivity contribution in [3.8, 4) is 11.5 Å². The lowest BCUT2D eigenvalue weighted by molar-refractivity contribution is -0.121. The molecule has 0 saturated carbocycles. The predicted molar refractivity (Wildman–Crippen MR) is 113 cm³/mol. The second-order valence-corrected chi connectivity index (χ2v) is 6.86. The standard InChI is InChI=1S/C24H26N2O3/c1-18(26-24(27)13-8-19-5-3-7-23(15-19)28-2)21-9-11-22(12-10-21)29-17-20-6-4-14-25-16-20/h3-7,9-12,14-16,18H,8,13,17H2,1-2H3,(H,26,27). The number of aromatic nitrogens is 1. The van der Waals surface area contributed by atoms with Crippen LogP contribution in [-0.2, 0) is 17.8 Å². The Morgan fingerprint density at radius 2 is 1.83 bits per heavy atom. The summed E-state index contributed by atoms with van der Waals surface area (Å²) in [6, 6.07) is 19.4. The Kier molecular flexibility index (Phi) is 7.22. The zero-order valence-corrected chi connectivity index (χ0v) is 16.8. The molecule has 0 spiro atoms. The third-order valence-electron chi connectivity index (χ3n) is 4.66. The van der Waals surface area contributed by atoms with Gasteiger partial charge in [0.2, 0.25) is 5.91 Å². The normalized spacial score (nSPS) is 11.5. The topological polar surface area (TPSA) is 60.5 Å². The van der Waals surface area contributed by atoms with E-state index >= 15 is 0 Å². The molecule has 2 aromatic carbocycles. The van der Waals surface area contributed by atoms with E-state index in [1.165, 1.54) is 0 Å². The van der Waals surface area contributed by atoms with Gasteiger partial charge in [0.1, 0.15) is 18.1 Å². The average molecular weight is 390 g/mol. The van der Waals surface area contributed by atoms with Gasteiger partial charge in [0.25, 0.3) is 0 Å². The SMILES string of the molecule is COc1cccc(CCC(=O)NC(C)c2ccc(OCc3cccnc3)cc2)c1. The van der Waals surface area contributed by atoms with Gasteiger partial charge in [-0.3, -0.25) is 9.78 Å². The Hall–Kier alpha value is -3.34. The molecule has 0 bridgehead atoms. The molecule has 0 aliphatic carbocycles. The fourth-order valence-corrected chi connectivity index (χ4v) is 2.99. The number of nitrogens with one attached hydrogen (secondary N) is 1. The van der Waals surface area contributed by atoms with E-state index in [0.29, 0.717) is 19.4 Å². The molecule has 3 rings (SSSR count). The van der Waals surface area contributed by atoms with Crippen LogP contribution in [0.4, 0.5) is 0 Å². The Morgan fingerprint density at radius 1 is 1.03 bits per heavy atom. The van der Waals surface area contributed by atoms with Crippen LogP contribution in [0.1, 0.15) is 36.1 Å².